The first kappa shape index (κ1) is 23.2. The molecule has 6 nitrogen and oxygen atoms in total. The maximum absolute atomic E-state index is 14.0. The van der Waals surface area contributed by atoms with Gasteiger partial charge in [-0.05, 0) is 50.2 Å². The van der Waals surface area contributed by atoms with Crippen LogP contribution in [0.2, 0.25) is 0 Å². The number of hydrogen-bond acceptors (Lipinski definition) is 4. The van der Waals surface area contributed by atoms with Crippen molar-refractivity contribution in [1.82, 2.24) is 0 Å². The van der Waals surface area contributed by atoms with Crippen molar-refractivity contribution in [2.75, 3.05) is 22.8 Å². The lowest BCUT2D eigenvalue weighted by Crippen LogP contribution is -2.38. The number of benzene rings is 3. The average molecular weight is 461 g/mol. The first-order valence-electron chi connectivity index (χ1n) is 9.79. The van der Waals surface area contributed by atoms with Gasteiger partial charge in [-0.2, -0.15) is 0 Å². The molecule has 0 unspecified atom stereocenters. The monoisotopic (exact) mass is 460 g/mol. The fraction of sp³-hybridized carbons (Fsp3) is 0.174. The number of amides is 1. The first-order valence-corrected chi connectivity index (χ1v) is 11.2. The van der Waals surface area contributed by atoms with Crippen molar-refractivity contribution in [3.8, 4) is 5.75 Å². The lowest BCUT2D eigenvalue weighted by Gasteiger charge is -2.26. The molecule has 32 heavy (non-hydrogen) atoms. The summed E-state index contributed by atoms with van der Waals surface area (Å²) < 4.78 is 61.3. The Labute approximate surface area is 185 Å². The molecule has 1 amide bonds. The number of carbonyl (C=O) groups excluding carboxylic acids is 1. The highest BCUT2D eigenvalue weighted by Crippen LogP contribution is 2.32. The zero-order valence-electron chi connectivity index (χ0n) is 17.5. The Morgan fingerprint density at radius 3 is 2.22 bits per heavy atom. The van der Waals surface area contributed by atoms with Crippen LogP contribution in [0.3, 0.4) is 0 Å². The van der Waals surface area contributed by atoms with Gasteiger partial charge in [0.05, 0.1) is 17.2 Å². The summed E-state index contributed by atoms with van der Waals surface area (Å²) in [6.07, 6.45) is 0. The van der Waals surface area contributed by atoms with Crippen molar-refractivity contribution in [2.45, 2.75) is 18.7 Å². The van der Waals surface area contributed by atoms with Crippen LogP contribution in [0.25, 0.3) is 0 Å². The first-order chi connectivity index (χ1) is 15.2. The van der Waals surface area contributed by atoms with E-state index in [1.807, 2.05) is 6.92 Å². The molecule has 0 spiro atoms. The molecule has 0 fully saturated rings. The lowest BCUT2D eigenvalue weighted by atomic mass is 10.2. The molecular weight excluding hydrogens is 438 g/mol. The topological polar surface area (TPSA) is 75.7 Å². The predicted molar refractivity (Wildman–Crippen MR) is 118 cm³/mol. The molecule has 0 bridgehead atoms. The van der Waals surface area contributed by atoms with Crippen LogP contribution in [0.1, 0.15) is 12.5 Å². The quantitative estimate of drug-likeness (QED) is 0.537. The Bertz CT molecular complexity index is 1190. The highest BCUT2D eigenvalue weighted by molar-refractivity contribution is 7.92. The van der Waals surface area contributed by atoms with Gasteiger partial charge in [0.25, 0.3) is 10.0 Å². The molecule has 0 aromatic heterocycles. The molecule has 0 saturated carbocycles. The van der Waals surface area contributed by atoms with Gasteiger partial charge in [-0.3, -0.25) is 9.10 Å². The summed E-state index contributed by atoms with van der Waals surface area (Å²) in [6, 6.07) is 15.6. The standard InChI is InChI=1S/C23H22F2N2O4S/c1-3-31-21-10-5-4-9-20(21)27(32(29,30)17-13-11-16(2)12-14-17)15-22(28)26-23-18(24)7-6-8-19(23)25/h4-14H,3,15H2,1-2H3,(H,26,28). The molecule has 0 heterocycles. The van der Waals surface area contributed by atoms with Gasteiger partial charge in [0, 0.05) is 0 Å². The number of hydrogen-bond donors (Lipinski definition) is 1. The normalized spacial score (nSPS) is 11.1. The van der Waals surface area contributed by atoms with Gasteiger partial charge in [-0.25, -0.2) is 17.2 Å². The third-order valence-corrected chi connectivity index (χ3v) is 6.33. The maximum Gasteiger partial charge on any atom is 0.264 e. The van der Waals surface area contributed by atoms with Crippen molar-refractivity contribution in [3.63, 3.8) is 0 Å². The minimum atomic E-state index is -4.21. The van der Waals surface area contributed by atoms with E-state index in [9.17, 15) is 22.0 Å². The third-order valence-electron chi connectivity index (χ3n) is 4.56. The average Bonchev–Trinajstić information content (AvgIpc) is 2.76. The van der Waals surface area contributed by atoms with E-state index in [0.29, 0.717) is 0 Å². The van der Waals surface area contributed by atoms with Crippen molar-refractivity contribution >= 4 is 27.3 Å². The van der Waals surface area contributed by atoms with Crippen LogP contribution in [0.4, 0.5) is 20.2 Å². The Morgan fingerprint density at radius 1 is 0.969 bits per heavy atom. The van der Waals surface area contributed by atoms with Crippen LogP contribution >= 0.6 is 0 Å². The van der Waals surface area contributed by atoms with Crippen LogP contribution in [-0.2, 0) is 14.8 Å². The number of nitrogens with zero attached hydrogens (tertiary/aromatic N) is 1. The van der Waals surface area contributed by atoms with Gasteiger partial charge in [0.15, 0.2) is 0 Å². The van der Waals surface area contributed by atoms with Crippen molar-refractivity contribution in [2.24, 2.45) is 0 Å². The molecule has 0 aliphatic rings. The van der Waals surface area contributed by atoms with Crippen LogP contribution in [0.5, 0.6) is 5.75 Å². The smallest absolute Gasteiger partial charge is 0.264 e. The molecule has 3 aromatic rings. The SMILES string of the molecule is CCOc1ccccc1N(CC(=O)Nc1c(F)cccc1F)S(=O)(=O)c1ccc(C)cc1. The van der Waals surface area contributed by atoms with Gasteiger partial charge in [-0.1, -0.05) is 35.9 Å². The number of halogens is 2. The Kier molecular flexibility index (Phi) is 7.09. The molecule has 0 radical (unpaired) electrons. The van der Waals surface area contributed by atoms with E-state index < -0.39 is 39.8 Å². The highest BCUT2D eigenvalue weighted by atomic mass is 32.2. The van der Waals surface area contributed by atoms with Gasteiger partial charge in [0.1, 0.15) is 29.6 Å². The summed E-state index contributed by atoms with van der Waals surface area (Å²) in [7, 11) is -4.21. The second-order valence-electron chi connectivity index (χ2n) is 6.87. The number of aryl methyl sites for hydroxylation is 1. The molecule has 9 heteroatoms. The molecule has 0 aliphatic heterocycles. The zero-order valence-corrected chi connectivity index (χ0v) is 18.3. The number of ether oxygens (including phenoxy) is 1. The van der Waals surface area contributed by atoms with Crippen molar-refractivity contribution in [3.05, 3.63) is 83.9 Å². The largest absolute Gasteiger partial charge is 0.492 e. The third kappa shape index (κ3) is 5.05. The van der Waals surface area contributed by atoms with E-state index in [2.05, 4.69) is 5.32 Å². The Morgan fingerprint density at radius 2 is 1.59 bits per heavy atom. The fourth-order valence-corrected chi connectivity index (χ4v) is 4.44. The summed E-state index contributed by atoms with van der Waals surface area (Å²) in [5.41, 5.74) is 0.334. The van der Waals surface area contributed by atoms with Crippen LogP contribution in [0, 0.1) is 18.6 Å². The number of rotatable bonds is 8. The molecule has 0 aliphatic carbocycles. The van der Waals surface area contributed by atoms with Gasteiger partial charge >= 0.3 is 0 Å². The van der Waals surface area contributed by atoms with Crippen LogP contribution in [-0.4, -0.2) is 27.5 Å². The summed E-state index contributed by atoms with van der Waals surface area (Å²) >= 11 is 0. The lowest BCUT2D eigenvalue weighted by molar-refractivity contribution is -0.114. The van der Waals surface area contributed by atoms with E-state index in [1.165, 1.54) is 18.2 Å². The fourth-order valence-electron chi connectivity index (χ4n) is 3.00. The van der Waals surface area contributed by atoms with E-state index in [1.54, 1.807) is 37.3 Å². The molecule has 0 saturated heterocycles. The predicted octanol–water partition coefficient (Wildman–Crippen LogP) is 4.51. The number of sulfonamides is 1. The van der Waals surface area contributed by atoms with E-state index in [-0.39, 0.29) is 22.9 Å². The second-order valence-corrected chi connectivity index (χ2v) is 8.73. The summed E-state index contributed by atoms with van der Waals surface area (Å²) in [4.78, 5) is 12.7. The molecule has 168 valence electrons. The van der Waals surface area contributed by atoms with Gasteiger partial charge in [0.2, 0.25) is 5.91 Å². The Hall–Kier alpha value is -3.46. The maximum atomic E-state index is 14.0. The van der Waals surface area contributed by atoms with Crippen molar-refractivity contribution < 1.29 is 26.7 Å². The number of para-hydroxylation sites is 3. The summed E-state index contributed by atoms with van der Waals surface area (Å²) in [6.45, 7) is 3.09. The number of anilines is 2. The van der Waals surface area contributed by atoms with Gasteiger partial charge < -0.3 is 10.1 Å². The van der Waals surface area contributed by atoms with Gasteiger partial charge in [-0.15, -0.1) is 0 Å². The zero-order chi connectivity index (χ0) is 23.3. The molecule has 3 rings (SSSR count). The summed E-state index contributed by atoms with van der Waals surface area (Å²) in [5.74, 6) is -2.62. The summed E-state index contributed by atoms with van der Waals surface area (Å²) in [5, 5.41) is 2.13. The minimum absolute atomic E-state index is 0.0423. The minimum Gasteiger partial charge on any atom is -0.492 e. The molecule has 3 aromatic carbocycles. The van der Waals surface area contributed by atoms with E-state index >= 15 is 0 Å². The second kappa shape index (κ2) is 9.78. The van der Waals surface area contributed by atoms with E-state index in [0.717, 1.165) is 28.1 Å². The van der Waals surface area contributed by atoms with Crippen molar-refractivity contribution in [1.29, 1.82) is 0 Å². The Balaban J connectivity index is 2.03. The molecule has 0 atom stereocenters. The van der Waals surface area contributed by atoms with Crippen LogP contribution < -0.4 is 14.4 Å². The van der Waals surface area contributed by atoms with E-state index in [4.69, 9.17) is 4.74 Å². The number of nitrogens with one attached hydrogen (secondary N) is 1. The molecular formula is C23H22F2N2O4S. The number of carbonyl (C=O) groups is 1. The molecule has 1 N–H and O–H groups in total. The highest BCUT2D eigenvalue weighted by Gasteiger charge is 2.30. The van der Waals surface area contributed by atoms with Crippen LogP contribution in [0.15, 0.2) is 71.6 Å².